The van der Waals surface area contributed by atoms with E-state index in [1.165, 1.54) is 130 Å². The summed E-state index contributed by atoms with van der Waals surface area (Å²) >= 11 is 0. The molecule has 4 aromatic carbocycles. The molecular weight excluding hydrogens is 806 g/mol. The van der Waals surface area contributed by atoms with Crippen molar-refractivity contribution in [1.29, 1.82) is 0 Å². The number of alkyl halides is 3. The van der Waals surface area contributed by atoms with Crippen LogP contribution in [-0.2, 0) is 0 Å². The molecule has 4 aromatic rings. The summed E-state index contributed by atoms with van der Waals surface area (Å²) in [5, 5.41) is 7.22. The van der Waals surface area contributed by atoms with E-state index in [0.717, 1.165) is 5.30 Å². The lowest BCUT2D eigenvalue weighted by Gasteiger charge is -2.38. The summed E-state index contributed by atoms with van der Waals surface area (Å²) < 4.78 is 49.2. The molecule has 59 heavy (non-hydrogen) atoms. The minimum Gasteiger partial charge on any atom is -0.405 e. The van der Waals surface area contributed by atoms with Crippen molar-refractivity contribution in [3.63, 3.8) is 0 Å². The van der Waals surface area contributed by atoms with Gasteiger partial charge in [-0.2, -0.15) is 0 Å². The Kier molecular flexibility index (Phi) is 20.9. The molecule has 0 fully saturated rings. The second-order valence-corrected chi connectivity index (χ2v) is 30.8. The van der Waals surface area contributed by atoms with Crippen molar-refractivity contribution in [2.45, 2.75) is 161 Å². The number of hydrogen-bond donors (Lipinski definition) is 0. The highest BCUT2D eigenvalue weighted by Crippen LogP contribution is 2.54. The van der Waals surface area contributed by atoms with Gasteiger partial charge >= 0.3 is 6.36 Å². The van der Waals surface area contributed by atoms with Gasteiger partial charge in [0.05, 0.1) is 16.1 Å². The van der Waals surface area contributed by atoms with Gasteiger partial charge in [-0.05, 0) is 35.1 Å². The minimum absolute atomic E-state index is 0.125. The monoisotopic (exact) mass is 879 g/mol. The van der Waals surface area contributed by atoms with E-state index >= 15 is 0 Å². The highest BCUT2D eigenvalue weighted by atomic mass is 31.2. The van der Waals surface area contributed by atoms with Crippen molar-refractivity contribution in [1.82, 2.24) is 4.44 Å². The molecule has 0 spiro atoms. The van der Waals surface area contributed by atoms with Gasteiger partial charge < -0.3 is 4.74 Å². The average molecular weight is 880 g/mol. The third-order valence-electron chi connectivity index (χ3n) is 12.4. The predicted octanol–water partition coefficient (Wildman–Crippen LogP) is 14.0. The maximum Gasteiger partial charge on any atom is 0.573 e. The van der Waals surface area contributed by atoms with Gasteiger partial charge in [0.25, 0.3) is 0 Å². The van der Waals surface area contributed by atoms with Crippen LogP contribution in [0.3, 0.4) is 0 Å². The number of rotatable bonds is 27. The van der Waals surface area contributed by atoms with Gasteiger partial charge in [-0.25, -0.2) is 4.44 Å². The molecule has 1 atom stereocenters. The lowest BCUT2D eigenvalue weighted by Crippen LogP contribution is -2.48. The molecular formula is C50H74F3NOP2Si2. The normalized spacial score (nSPS) is 13.0. The summed E-state index contributed by atoms with van der Waals surface area (Å²) in [7, 11) is -3.91. The highest BCUT2D eigenvalue weighted by Gasteiger charge is 2.38. The number of halogens is 3. The summed E-state index contributed by atoms with van der Waals surface area (Å²) in [6.07, 6.45) is 10.2. The van der Waals surface area contributed by atoms with E-state index in [4.69, 9.17) is 4.74 Å². The van der Waals surface area contributed by atoms with Crippen molar-refractivity contribution in [3.8, 4) is 5.75 Å². The van der Waals surface area contributed by atoms with Gasteiger partial charge in [-0.15, -0.1) is 13.2 Å². The number of hydrogen-bond acceptors (Lipinski definition) is 2. The number of para-hydroxylation sites is 1. The summed E-state index contributed by atoms with van der Waals surface area (Å²) in [5.41, 5.74) is 0. The summed E-state index contributed by atoms with van der Waals surface area (Å²) in [5.74, 6) is -0.125. The fourth-order valence-corrected chi connectivity index (χ4v) is 25.9. The Bertz CT molecular complexity index is 1640. The third-order valence-corrected chi connectivity index (χ3v) is 28.8. The van der Waals surface area contributed by atoms with E-state index in [9.17, 15) is 13.2 Å². The molecule has 0 aliphatic carbocycles. The molecule has 1 unspecified atom stereocenters. The zero-order chi connectivity index (χ0) is 42.7. The smallest absolute Gasteiger partial charge is 0.405 e. The quantitative estimate of drug-likeness (QED) is 0.0437. The van der Waals surface area contributed by atoms with Crippen LogP contribution in [-0.4, -0.2) is 34.0 Å². The van der Waals surface area contributed by atoms with Crippen molar-refractivity contribution in [2.24, 2.45) is 0 Å². The maximum absolute atomic E-state index is 14.0. The Morgan fingerprint density at radius 1 is 0.458 bits per heavy atom. The Morgan fingerprint density at radius 3 is 1.15 bits per heavy atom. The second kappa shape index (κ2) is 25.0. The predicted molar refractivity (Wildman–Crippen MR) is 262 cm³/mol. The maximum atomic E-state index is 14.0. The molecule has 2 nitrogen and oxygen atoms in total. The largest absolute Gasteiger partial charge is 0.573 e. The van der Waals surface area contributed by atoms with E-state index < -0.39 is 38.7 Å². The SMILES string of the molecule is CCCC[Si](CCCC)(CCCC)c1ccc(P(c2ccc([Si](CCCC)(CCCC)CCCC)cc2)N(C)P(c2ccccc2)c2ccccc2OC(F)(F)F)cc1. The number of nitrogens with zero attached hydrogens (tertiary/aromatic N) is 1. The summed E-state index contributed by atoms with van der Waals surface area (Å²) in [6, 6.07) is 44.4. The van der Waals surface area contributed by atoms with Gasteiger partial charge in [0.15, 0.2) is 0 Å². The Morgan fingerprint density at radius 2 is 0.797 bits per heavy atom. The van der Waals surface area contributed by atoms with E-state index in [0.29, 0.717) is 5.30 Å². The highest BCUT2D eigenvalue weighted by molar-refractivity contribution is 7.84. The number of unbranched alkanes of at least 4 members (excludes halogenated alkanes) is 6. The molecule has 0 saturated carbocycles. The molecule has 0 aliphatic heterocycles. The van der Waals surface area contributed by atoms with Crippen LogP contribution in [0.2, 0.25) is 36.3 Å². The zero-order valence-electron chi connectivity index (χ0n) is 37.4. The van der Waals surface area contributed by atoms with Crippen LogP contribution in [0.4, 0.5) is 13.2 Å². The fourth-order valence-electron chi connectivity index (χ4n) is 9.07. The Labute approximate surface area is 361 Å². The molecule has 0 heterocycles. The van der Waals surface area contributed by atoms with E-state index in [1.807, 2.05) is 30.3 Å². The van der Waals surface area contributed by atoms with Crippen molar-refractivity contribution < 1.29 is 17.9 Å². The molecule has 324 valence electrons. The van der Waals surface area contributed by atoms with E-state index in [2.05, 4.69) is 114 Å². The van der Waals surface area contributed by atoms with Gasteiger partial charge in [-0.3, -0.25) is 0 Å². The Balaban J connectivity index is 1.95. The molecule has 0 radical (unpaired) electrons. The first-order valence-corrected chi connectivity index (χ1v) is 30.8. The topological polar surface area (TPSA) is 12.5 Å². The summed E-state index contributed by atoms with van der Waals surface area (Å²) in [4.78, 5) is 0. The van der Waals surface area contributed by atoms with Crippen molar-refractivity contribution >= 4 is 63.9 Å². The lowest BCUT2D eigenvalue weighted by molar-refractivity contribution is -0.274. The lowest BCUT2D eigenvalue weighted by atomic mass is 10.3. The molecule has 0 N–H and O–H groups in total. The summed E-state index contributed by atoms with van der Waals surface area (Å²) in [6.45, 7) is 13.9. The first-order chi connectivity index (χ1) is 28.5. The van der Waals surface area contributed by atoms with Crippen LogP contribution in [0, 0.1) is 0 Å². The molecule has 0 amide bonds. The van der Waals surface area contributed by atoms with Gasteiger partial charge in [0, 0.05) is 21.4 Å². The van der Waals surface area contributed by atoms with Crippen LogP contribution >= 0.6 is 16.1 Å². The molecule has 0 bridgehead atoms. The standard InChI is InChI=1S/C50H74F3NOP2Si2/c1-8-14-37-58(38-15-9-2,39-16-10-3)46-33-29-44(30-34-46)56(45-31-35-47(36-32-45)59(40-17-11-4,41-18-12-5)42-19-13-6)54(7)57(43-25-21-20-22-26-43)49-28-24-23-27-48(49)55-50(51,52)53/h20-36H,8-19,37-42H2,1-7H3. The second-order valence-electron chi connectivity index (χ2n) is 16.7. The molecule has 9 heteroatoms. The Hall–Kier alpha value is -2.28. The van der Waals surface area contributed by atoms with Gasteiger partial charge in [0.2, 0.25) is 0 Å². The first-order valence-electron chi connectivity index (χ1n) is 23.0. The zero-order valence-corrected chi connectivity index (χ0v) is 41.2. The van der Waals surface area contributed by atoms with Gasteiger partial charge in [0.1, 0.15) is 5.75 Å². The third kappa shape index (κ3) is 13.9. The first kappa shape index (κ1) is 49.4. The van der Waals surface area contributed by atoms with Crippen LogP contribution in [0.15, 0.2) is 103 Å². The minimum atomic E-state index is -4.80. The fraction of sp³-hybridized carbons (Fsp3) is 0.520. The average Bonchev–Trinajstić information content (AvgIpc) is 3.24. The van der Waals surface area contributed by atoms with Crippen LogP contribution in [0.5, 0.6) is 5.75 Å². The molecule has 4 rings (SSSR count). The van der Waals surface area contributed by atoms with E-state index in [-0.39, 0.29) is 5.75 Å². The van der Waals surface area contributed by atoms with Crippen LogP contribution in [0.25, 0.3) is 0 Å². The van der Waals surface area contributed by atoms with Crippen molar-refractivity contribution in [2.75, 3.05) is 7.05 Å². The number of benzene rings is 4. The van der Waals surface area contributed by atoms with Gasteiger partial charge in [-0.1, -0.05) is 256 Å². The number of ether oxygens (including phenoxy) is 1. The van der Waals surface area contributed by atoms with Crippen molar-refractivity contribution in [3.05, 3.63) is 103 Å². The molecule has 0 saturated heterocycles. The van der Waals surface area contributed by atoms with E-state index in [1.54, 1.807) is 16.4 Å². The molecule has 0 aliphatic rings. The van der Waals surface area contributed by atoms with Crippen LogP contribution < -0.4 is 36.3 Å². The van der Waals surface area contributed by atoms with Crippen LogP contribution in [0.1, 0.15) is 119 Å². The molecule has 0 aromatic heterocycles.